The Bertz CT molecular complexity index is 614. The lowest BCUT2D eigenvalue weighted by Crippen LogP contribution is -2.30. The summed E-state index contributed by atoms with van der Waals surface area (Å²) in [5.41, 5.74) is 3.07. The molecule has 0 bridgehead atoms. The van der Waals surface area contributed by atoms with Gasteiger partial charge in [0.15, 0.2) is 0 Å². The van der Waals surface area contributed by atoms with Crippen LogP contribution in [0.2, 0.25) is 0 Å². The first-order chi connectivity index (χ1) is 9.74. The van der Waals surface area contributed by atoms with Crippen LogP contribution in [0.3, 0.4) is 0 Å². The molecular weight excluding hydrogens is 250 g/mol. The molecule has 0 aliphatic carbocycles. The Morgan fingerprint density at radius 2 is 2.10 bits per heavy atom. The molecule has 1 aliphatic heterocycles. The van der Waals surface area contributed by atoms with Gasteiger partial charge in [0.25, 0.3) is 0 Å². The summed E-state index contributed by atoms with van der Waals surface area (Å²) in [6, 6.07) is 12.4. The second kappa shape index (κ2) is 5.37. The molecule has 3 rings (SSSR count). The SMILES string of the molecule is CN1C(=O)/C(=C/c2ccoc2)C[C@@H]1Cc1ccccc1. The molecular formula is C17H17NO2. The van der Waals surface area contributed by atoms with Gasteiger partial charge in [-0.3, -0.25) is 4.79 Å². The highest BCUT2D eigenvalue weighted by Crippen LogP contribution is 2.27. The molecule has 2 aromatic rings. The number of rotatable bonds is 3. The number of carbonyl (C=O) groups excluding carboxylic acids is 1. The van der Waals surface area contributed by atoms with Crippen LogP contribution in [0.1, 0.15) is 17.5 Å². The second-order valence-electron chi connectivity index (χ2n) is 5.19. The zero-order valence-corrected chi connectivity index (χ0v) is 11.5. The average molecular weight is 267 g/mol. The van der Waals surface area contributed by atoms with Crippen molar-refractivity contribution in [3.05, 3.63) is 65.6 Å². The standard InChI is InChI=1S/C17H17NO2/c1-18-16(10-13-5-3-2-4-6-13)11-15(17(18)19)9-14-7-8-20-12-14/h2-9,12,16H,10-11H2,1H3/b15-9+/t16-/m0/s1. The molecule has 1 saturated heterocycles. The van der Waals surface area contributed by atoms with Gasteiger partial charge >= 0.3 is 0 Å². The number of hydrogen-bond donors (Lipinski definition) is 0. The maximum Gasteiger partial charge on any atom is 0.249 e. The van der Waals surface area contributed by atoms with Gasteiger partial charge in [-0.1, -0.05) is 30.3 Å². The van der Waals surface area contributed by atoms with Gasteiger partial charge in [-0.15, -0.1) is 0 Å². The van der Waals surface area contributed by atoms with Crippen LogP contribution in [-0.2, 0) is 11.2 Å². The minimum atomic E-state index is 0.118. The van der Waals surface area contributed by atoms with E-state index < -0.39 is 0 Å². The number of likely N-dealkylation sites (tertiary alicyclic amines) is 1. The summed E-state index contributed by atoms with van der Waals surface area (Å²) in [5.74, 6) is 0.118. The Balaban J connectivity index is 1.77. The predicted molar refractivity (Wildman–Crippen MR) is 78.0 cm³/mol. The predicted octanol–water partition coefficient (Wildman–Crippen LogP) is 3.14. The maximum atomic E-state index is 12.3. The molecule has 0 unspecified atom stereocenters. The molecule has 1 fully saturated rings. The Morgan fingerprint density at radius 3 is 2.80 bits per heavy atom. The minimum Gasteiger partial charge on any atom is -0.472 e. The van der Waals surface area contributed by atoms with E-state index in [1.807, 2.05) is 42.3 Å². The quantitative estimate of drug-likeness (QED) is 0.800. The van der Waals surface area contributed by atoms with E-state index in [-0.39, 0.29) is 11.9 Å². The highest BCUT2D eigenvalue weighted by Gasteiger charge is 2.32. The third-order valence-corrected chi connectivity index (χ3v) is 3.80. The molecule has 0 radical (unpaired) electrons. The van der Waals surface area contributed by atoms with E-state index in [4.69, 9.17) is 4.42 Å². The Morgan fingerprint density at radius 1 is 1.30 bits per heavy atom. The molecule has 0 saturated carbocycles. The van der Waals surface area contributed by atoms with Crippen LogP contribution in [0.15, 0.2) is 58.9 Å². The molecule has 1 amide bonds. The van der Waals surface area contributed by atoms with Crippen LogP contribution in [0.4, 0.5) is 0 Å². The summed E-state index contributed by atoms with van der Waals surface area (Å²) in [6.45, 7) is 0. The van der Waals surface area contributed by atoms with Gasteiger partial charge in [-0.25, -0.2) is 0 Å². The smallest absolute Gasteiger partial charge is 0.249 e. The first-order valence-electron chi connectivity index (χ1n) is 6.78. The van der Waals surface area contributed by atoms with Crippen LogP contribution >= 0.6 is 0 Å². The zero-order chi connectivity index (χ0) is 13.9. The summed E-state index contributed by atoms with van der Waals surface area (Å²) in [5, 5.41) is 0. The lowest BCUT2D eigenvalue weighted by molar-refractivity contribution is -0.124. The molecule has 1 atom stereocenters. The number of nitrogens with zero attached hydrogens (tertiary/aromatic N) is 1. The van der Waals surface area contributed by atoms with Crippen molar-refractivity contribution in [3.63, 3.8) is 0 Å². The van der Waals surface area contributed by atoms with Crippen LogP contribution in [0.25, 0.3) is 6.08 Å². The minimum absolute atomic E-state index is 0.118. The normalized spacial score (nSPS) is 20.9. The van der Waals surface area contributed by atoms with Crippen molar-refractivity contribution in [1.82, 2.24) is 4.90 Å². The molecule has 2 heterocycles. The lowest BCUT2D eigenvalue weighted by Gasteiger charge is -2.19. The number of hydrogen-bond acceptors (Lipinski definition) is 2. The molecule has 3 nitrogen and oxygen atoms in total. The number of likely N-dealkylation sites (N-methyl/N-ethyl adjacent to an activating group) is 1. The topological polar surface area (TPSA) is 33.5 Å². The fraction of sp³-hybridized carbons (Fsp3) is 0.235. The average Bonchev–Trinajstić information content (AvgIpc) is 3.06. The third kappa shape index (κ3) is 2.52. The summed E-state index contributed by atoms with van der Waals surface area (Å²) in [6.07, 6.45) is 6.89. The van der Waals surface area contributed by atoms with Crippen LogP contribution in [0, 0.1) is 0 Å². The van der Waals surface area contributed by atoms with Gasteiger partial charge < -0.3 is 9.32 Å². The van der Waals surface area contributed by atoms with E-state index in [0.717, 1.165) is 24.0 Å². The van der Waals surface area contributed by atoms with Gasteiger partial charge in [-0.2, -0.15) is 0 Å². The van der Waals surface area contributed by atoms with Gasteiger partial charge in [0, 0.05) is 24.2 Å². The number of benzene rings is 1. The summed E-state index contributed by atoms with van der Waals surface area (Å²) >= 11 is 0. The van der Waals surface area contributed by atoms with Crippen molar-refractivity contribution in [2.45, 2.75) is 18.9 Å². The van der Waals surface area contributed by atoms with E-state index in [1.54, 1.807) is 12.5 Å². The van der Waals surface area contributed by atoms with Gasteiger partial charge in [0.1, 0.15) is 0 Å². The lowest BCUT2D eigenvalue weighted by atomic mass is 10.0. The highest BCUT2D eigenvalue weighted by molar-refractivity contribution is 6.00. The highest BCUT2D eigenvalue weighted by atomic mass is 16.3. The molecule has 0 spiro atoms. The summed E-state index contributed by atoms with van der Waals surface area (Å²) < 4.78 is 5.04. The fourth-order valence-electron chi connectivity index (χ4n) is 2.64. The van der Waals surface area contributed by atoms with Crippen LogP contribution < -0.4 is 0 Å². The van der Waals surface area contributed by atoms with Crippen molar-refractivity contribution < 1.29 is 9.21 Å². The van der Waals surface area contributed by atoms with Crippen molar-refractivity contribution in [2.24, 2.45) is 0 Å². The second-order valence-corrected chi connectivity index (χ2v) is 5.19. The first kappa shape index (κ1) is 12.7. The van der Waals surface area contributed by atoms with Crippen LogP contribution in [-0.4, -0.2) is 23.9 Å². The largest absolute Gasteiger partial charge is 0.472 e. The van der Waals surface area contributed by atoms with E-state index in [0.29, 0.717) is 0 Å². The third-order valence-electron chi connectivity index (χ3n) is 3.80. The Labute approximate surface area is 118 Å². The van der Waals surface area contributed by atoms with Crippen molar-refractivity contribution in [3.8, 4) is 0 Å². The van der Waals surface area contributed by atoms with E-state index in [2.05, 4.69) is 12.1 Å². The molecule has 102 valence electrons. The first-order valence-corrected chi connectivity index (χ1v) is 6.78. The molecule has 1 aromatic carbocycles. The Kier molecular flexibility index (Phi) is 3.42. The van der Waals surface area contributed by atoms with Gasteiger partial charge in [0.2, 0.25) is 5.91 Å². The molecule has 1 aromatic heterocycles. The van der Waals surface area contributed by atoms with Gasteiger partial charge in [-0.05, 0) is 30.5 Å². The fourth-order valence-corrected chi connectivity index (χ4v) is 2.64. The van der Waals surface area contributed by atoms with Crippen molar-refractivity contribution >= 4 is 12.0 Å². The Hall–Kier alpha value is -2.29. The number of amides is 1. The zero-order valence-electron chi connectivity index (χ0n) is 11.5. The summed E-state index contributed by atoms with van der Waals surface area (Å²) in [7, 11) is 1.88. The van der Waals surface area contributed by atoms with E-state index >= 15 is 0 Å². The number of carbonyl (C=O) groups is 1. The molecule has 1 aliphatic rings. The summed E-state index contributed by atoms with van der Waals surface area (Å²) in [4.78, 5) is 14.1. The van der Waals surface area contributed by atoms with Crippen molar-refractivity contribution in [2.75, 3.05) is 7.05 Å². The van der Waals surface area contributed by atoms with E-state index in [1.165, 1.54) is 5.56 Å². The van der Waals surface area contributed by atoms with E-state index in [9.17, 15) is 4.79 Å². The monoisotopic (exact) mass is 267 g/mol. The molecule has 3 heteroatoms. The maximum absolute atomic E-state index is 12.3. The molecule has 0 N–H and O–H groups in total. The van der Waals surface area contributed by atoms with Crippen LogP contribution in [0.5, 0.6) is 0 Å². The van der Waals surface area contributed by atoms with Gasteiger partial charge in [0.05, 0.1) is 12.5 Å². The van der Waals surface area contributed by atoms with Crippen molar-refractivity contribution in [1.29, 1.82) is 0 Å². The molecule has 20 heavy (non-hydrogen) atoms. The number of furan rings is 1.